The van der Waals surface area contributed by atoms with Crippen LogP contribution in [0.5, 0.6) is 0 Å². The molecule has 4 rings (SSSR count). The number of amides is 1. The number of nitrogens with one attached hydrogen (secondary N) is 1. The Bertz CT molecular complexity index is 1270. The molecule has 0 atom stereocenters. The highest BCUT2D eigenvalue weighted by Crippen LogP contribution is 2.20. The number of hydrogen-bond acceptors (Lipinski definition) is 2. The van der Waals surface area contributed by atoms with E-state index in [4.69, 9.17) is 0 Å². The minimum atomic E-state index is -0.398. The fourth-order valence-corrected chi connectivity index (χ4v) is 3.76. The van der Waals surface area contributed by atoms with Gasteiger partial charge in [0.1, 0.15) is 11.3 Å². The molecule has 1 amide bonds. The Morgan fingerprint density at radius 1 is 1.00 bits per heavy atom. The summed E-state index contributed by atoms with van der Waals surface area (Å²) in [4.78, 5) is 25.3. The van der Waals surface area contributed by atoms with Crippen molar-refractivity contribution in [2.45, 2.75) is 33.2 Å². The normalized spacial score (nSPS) is 11.3. The van der Waals surface area contributed by atoms with Crippen molar-refractivity contribution in [3.8, 4) is 0 Å². The lowest BCUT2D eigenvalue weighted by molar-refractivity contribution is -0.116. The molecular weight excluding hydrogens is 369 g/mol. The molecule has 4 aromatic rings. The molecule has 29 heavy (non-hydrogen) atoms. The van der Waals surface area contributed by atoms with Crippen molar-refractivity contribution in [3.05, 3.63) is 82.0 Å². The lowest BCUT2D eigenvalue weighted by atomic mass is 10.1. The number of rotatable bonds is 5. The fourth-order valence-electron chi connectivity index (χ4n) is 3.76. The molecule has 148 valence electrons. The van der Waals surface area contributed by atoms with Crippen molar-refractivity contribution < 1.29 is 9.18 Å². The Morgan fingerprint density at radius 3 is 2.52 bits per heavy atom. The lowest BCUT2D eigenvalue weighted by Gasteiger charge is -2.14. The van der Waals surface area contributed by atoms with Gasteiger partial charge in [0, 0.05) is 24.8 Å². The monoisotopic (exact) mass is 391 g/mol. The highest BCUT2D eigenvalue weighted by molar-refractivity contribution is 5.92. The molecule has 0 fully saturated rings. The van der Waals surface area contributed by atoms with Gasteiger partial charge in [-0.25, -0.2) is 4.39 Å². The van der Waals surface area contributed by atoms with Crippen LogP contribution in [0.25, 0.3) is 16.6 Å². The predicted molar refractivity (Wildman–Crippen MR) is 113 cm³/mol. The first-order valence-corrected chi connectivity index (χ1v) is 9.61. The van der Waals surface area contributed by atoms with Crippen molar-refractivity contribution in [2.24, 2.45) is 0 Å². The highest BCUT2D eigenvalue weighted by atomic mass is 19.1. The number of hydrogen-bond donors (Lipinski definition) is 1. The minimum absolute atomic E-state index is 0.102. The van der Waals surface area contributed by atoms with Crippen molar-refractivity contribution >= 4 is 28.1 Å². The summed E-state index contributed by atoms with van der Waals surface area (Å²) in [7, 11) is 0. The summed E-state index contributed by atoms with van der Waals surface area (Å²) in [5.74, 6) is -0.500. The van der Waals surface area contributed by atoms with E-state index in [0.29, 0.717) is 24.0 Å². The molecule has 0 saturated carbocycles. The third-order valence-electron chi connectivity index (χ3n) is 5.23. The lowest BCUT2D eigenvalue weighted by Crippen LogP contribution is -2.23. The van der Waals surface area contributed by atoms with Crippen LogP contribution >= 0.6 is 0 Å². The van der Waals surface area contributed by atoms with Gasteiger partial charge in [0.2, 0.25) is 5.91 Å². The largest absolute Gasteiger partial charge is 0.326 e. The number of anilines is 1. The van der Waals surface area contributed by atoms with Crippen LogP contribution < -0.4 is 10.9 Å². The van der Waals surface area contributed by atoms with Gasteiger partial charge < -0.3 is 14.3 Å². The van der Waals surface area contributed by atoms with Crippen LogP contribution in [0.1, 0.15) is 24.0 Å². The van der Waals surface area contributed by atoms with Gasteiger partial charge in [-0.2, -0.15) is 0 Å². The fraction of sp³-hybridized carbons (Fsp3) is 0.217. The van der Waals surface area contributed by atoms with Gasteiger partial charge in [-0.1, -0.05) is 18.2 Å². The van der Waals surface area contributed by atoms with Gasteiger partial charge in [-0.05, 0) is 61.7 Å². The smallest absolute Gasteiger partial charge is 0.275 e. The standard InChI is InChI=1S/C23H22FN3O2/c1-15-6-3-7-16(2)22(15)25-21(28)9-5-13-27-20-14-17(24)10-11-18(20)26-12-4-8-19(26)23(27)29/h3-4,6-8,10-12,14H,5,9,13H2,1-2H3,(H,25,28). The number of aromatic nitrogens is 2. The van der Waals surface area contributed by atoms with E-state index in [9.17, 15) is 14.0 Å². The third kappa shape index (κ3) is 3.53. The quantitative estimate of drug-likeness (QED) is 0.547. The number of carbonyl (C=O) groups excluding carboxylic acids is 1. The number of halogens is 1. The molecule has 2 heterocycles. The summed E-state index contributed by atoms with van der Waals surface area (Å²) in [5, 5.41) is 2.96. The van der Waals surface area contributed by atoms with Crippen molar-refractivity contribution in [3.63, 3.8) is 0 Å². The molecule has 1 N–H and O–H groups in total. The van der Waals surface area contributed by atoms with Crippen molar-refractivity contribution in [1.82, 2.24) is 8.97 Å². The van der Waals surface area contributed by atoms with Gasteiger partial charge in [0.15, 0.2) is 0 Å². The van der Waals surface area contributed by atoms with Crippen molar-refractivity contribution in [1.29, 1.82) is 0 Å². The van der Waals surface area contributed by atoms with E-state index < -0.39 is 5.82 Å². The molecule has 0 aliphatic heterocycles. The Balaban J connectivity index is 1.56. The summed E-state index contributed by atoms with van der Waals surface area (Å²) in [6.45, 7) is 4.24. The minimum Gasteiger partial charge on any atom is -0.326 e. The summed E-state index contributed by atoms with van der Waals surface area (Å²) >= 11 is 0. The molecule has 0 aliphatic carbocycles. The molecule has 0 spiro atoms. The second-order valence-corrected chi connectivity index (χ2v) is 7.27. The Morgan fingerprint density at radius 2 is 1.76 bits per heavy atom. The van der Waals surface area contributed by atoms with E-state index in [0.717, 1.165) is 22.3 Å². The zero-order chi connectivity index (χ0) is 20.5. The topological polar surface area (TPSA) is 55.5 Å². The van der Waals surface area contributed by atoms with E-state index in [1.54, 1.807) is 33.4 Å². The summed E-state index contributed by atoms with van der Waals surface area (Å²) in [5.41, 5.74) is 4.47. The maximum Gasteiger partial charge on any atom is 0.275 e. The van der Waals surface area contributed by atoms with E-state index >= 15 is 0 Å². The van der Waals surface area contributed by atoms with Gasteiger partial charge in [0.05, 0.1) is 11.0 Å². The van der Waals surface area contributed by atoms with Crippen LogP contribution in [0.2, 0.25) is 0 Å². The second-order valence-electron chi connectivity index (χ2n) is 7.27. The average molecular weight is 391 g/mol. The maximum atomic E-state index is 13.9. The van der Waals surface area contributed by atoms with Gasteiger partial charge in [0.25, 0.3) is 5.56 Å². The number of benzene rings is 2. The Labute approximate surface area is 167 Å². The number of nitrogens with zero attached hydrogens (tertiary/aromatic N) is 2. The van der Waals surface area contributed by atoms with E-state index in [1.807, 2.05) is 32.0 Å². The van der Waals surface area contributed by atoms with Crippen LogP contribution in [0.15, 0.2) is 59.5 Å². The summed E-state index contributed by atoms with van der Waals surface area (Å²) in [6, 6.07) is 13.8. The number of fused-ring (bicyclic) bond motifs is 3. The zero-order valence-electron chi connectivity index (χ0n) is 16.4. The van der Waals surface area contributed by atoms with Crippen molar-refractivity contribution in [2.75, 3.05) is 5.32 Å². The van der Waals surface area contributed by atoms with E-state index in [2.05, 4.69) is 5.32 Å². The Kier molecular flexibility index (Phi) is 4.92. The average Bonchev–Trinajstić information content (AvgIpc) is 3.17. The maximum absolute atomic E-state index is 13.9. The number of para-hydroxylation sites is 1. The molecule has 0 unspecified atom stereocenters. The Hall–Kier alpha value is -3.41. The molecule has 0 saturated heterocycles. The number of aryl methyl sites for hydroxylation is 3. The van der Waals surface area contributed by atoms with Crippen LogP contribution in [0.3, 0.4) is 0 Å². The van der Waals surface area contributed by atoms with Crippen LogP contribution in [-0.2, 0) is 11.3 Å². The molecule has 5 nitrogen and oxygen atoms in total. The number of carbonyl (C=O) groups is 1. The van der Waals surface area contributed by atoms with Gasteiger partial charge in [-0.3, -0.25) is 9.59 Å². The first-order chi connectivity index (χ1) is 14.0. The summed E-state index contributed by atoms with van der Waals surface area (Å²) in [6.07, 6.45) is 2.53. The molecular formula is C23H22FN3O2. The van der Waals surface area contributed by atoms with Crippen LogP contribution in [0.4, 0.5) is 10.1 Å². The molecule has 0 bridgehead atoms. The first kappa shape index (κ1) is 18.9. The molecule has 2 aromatic carbocycles. The highest BCUT2D eigenvalue weighted by Gasteiger charge is 2.12. The molecule has 2 aromatic heterocycles. The second kappa shape index (κ2) is 7.54. The van der Waals surface area contributed by atoms with Gasteiger partial charge in [-0.15, -0.1) is 0 Å². The molecule has 6 heteroatoms. The van der Waals surface area contributed by atoms with E-state index in [-0.39, 0.29) is 17.9 Å². The third-order valence-corrected chi connectivity index (χ3v) is 5.23. The van der Waals surface area contributed by atoms with Crippen LogP contribution in [-0.4, -0.2) is 14.9 Å². The van der Waals surface area contributed by atoms with Gasteiger partial charge >= 0.3 is 0 Å². The molecule has 0 aliphatic rings. The zero-order valence-corrected chi connectivity index (χ0v) is 16.4. The SMILES string of the molecule is Cc1cccc(C)c1NC(=O)CCCn1c(=O)c2cccn2c2ccc(F)cc21. The van der Waals surface area contributed by atoms with Crippen LogP contribution in [0, 0.1) is 19.7 Å². The van der Waals surface area contributed by atoms with E-state index in [1.165, 1.54) is 12.1 Å². The summed E-state index contributed by atoms with van der Waals surface area (Å²) < 4.78 is 17.2. The predicted octanol–water partition coefficient (Wildman–Crippen LogP) is 4.43. The first-order valence-electron chi connectivity index (χ1n) is 9.61. The molecule has 0 radical (unpaired) electrons.